The van der Waals surface area contributed by atoms with Crippen LogP contribution in [-0.2, 0) is 33.6 Å². The van der Waals surface area contributed by atoms with Crippen LogP contribution in [0.15, 0.2) is 47.8 Å². The van der Waals surface area contributed by atoms with Gasteiger partial charge in [-0.15, -0.1) is 0 Å². The number of benzene rings is 1. The number of halogens is 3. The first-order chi connectivity index (χ1) is 14.3. The monoisotopic (exact) mass is 420 g/mol. The molecule has 0 unspecified atom stereocenters. The van der Waals surface area contributed by atoms with Gasteiger partial charge in [0.2, 0.25) is 5.88 Å². The van der Waals surface area contributed by atoms with E-state index in [0.717, 1.165) is 17.7 Å². The molecule has 30 heavy (non-hydrogen) atoms. The standard InChI is InChI=1S/C21H19F3N2O4/c22-21(23,24)16-4-1-15(2-5-16)12-30-26-10-9-14-3-8-20(25-11-14)29-13-17-18(27)6-7-19(17)28/h1-5,8,10-11,17H,6-7,9,12-13H2. The van der Waals surface area contributed by atoms with Crippen LogP contribution in [0, 0.1) is 5.92 Å². The topological polar surface area (TPSA) is 77.9 Å². The van der Waals surface area contributed by atoms with Gasteiger partial charge in [-0.3, -0.25) is 9.59 Å². The summed E-state index contributed by atoms with van der Waals surface area (Å²) in [6.45, 7) is 0.0571. The van der Waals surface area contributed by atoms with Crippen molar-refractivity contribution in [2.24, 2.45) is 11.1 Å². The first kappa shape index (κ1) is 21.5. The molecule has 0 amide bonds. The summed E-state index contributed by atoms with van der Waals surface area (Å²) < 4.78 is 42.9. The third kappa shape index (κ3) is 5.88. The Morgan fingerprint density at radius 3 is 2.30 bits per heavy atom. The smallest absolute Gasteiger partial charge is 0.416 e. The Labute approximate surface area is 170 Å². The summed E-state index contributed by atoms with van der Waals surface area (Å²) >= 11 is 0. The van der Waals surface area contributed by atoms with Crippen molar-refractivity contribution < 1.29 is 32.3 Å². The van der Waals surface area contributed by atoms with Crippen LogP contribution in [0.5, 0.6) is 5.88 Å². The van der Waals surface area contributed by atoms with Crippen LogP contribution in [0.4, 0.5) is 13.2 Å². The molecule has 158 valence electrons. The van der Waals surface area contributed by atoms with Crippen LogP contribution < -0.4 is 4.74 Å². The van der Waals surface area contributed by atoms with Gasteiger partial charge in [-0.1, -0.05) is 23.4 Å². The van der Waals surface area contributed by atoms with Gasteiger partial charge < -0.3 is 9.57 Å². The maximum atomic E-state index is 12.5. The van der Waals surface area contributed by atoms with Crippen LogP contribution in [0.25, 0.3) is 0 Å². The predicted molar refractivity (Wildman–Crippen MR) is 101 cm³/mol. The minimum absolute atomic E-state index is 0.00324. The molecule has 0 N–H and O–H groups in total. The van der Waals surface area contributed by atoms with Gasteiger partial charge in [0.25, 0.3) is 0 Å². The first-order valence-corrected chi connectivity index (χ1v) is 9.26. The van der Waals surface area contributed by atoms with Gasteiger partial charge in [0.15, 0.2) is 0 Å². The van der Waals surface area contributed by atoms with E-state index in [2.05, 4.69) is 10.1 Å². The number of nitrogens with zero attached hydrogens (tertiary/aromatic N) is 2. The number of oxime groups is 1. The van der Waals surface area contributed by atoms with E-state index in [9.17, 15) is 22.8 Å². The summed E-state index contributed by atoms with van der Waals surface area (Å²) in [6, 6.07) is 8.08. The third-order valence-electron chi connectivity index (χ3n) is 4.58. The summed E-state index contributed by atoms with van der Waals surface area (Å²) in [5.74, 6) is -0.560. The molecule has 6 nitrogen and oxygen atoms in total. The van der Waals surface area contributed by atoms with Crippen LogP contribution in [-0.4, -0.2) is 29.4 Å². The molecule has 3 rings (SSSR count). The molecular formula is C21H19F3N2O4. The van der Waals surface area contributed by atoms with Crippen LogP contribution in [0.3, 0.4) is 0 Å². The Morgan fingerprint density at radius 1 is 1.03 bits per heavy atom. The lowest BCUT2D eigenvalue weighted by Crippen LogP contribution is -2.22. The number of alkyl halides is 3. The molecular weight excluding hydrogens is 401 g/mol. The van der Waals surface area contributed by atoms with Crippen LogP contribution >= 0.6 is 0 Å². The highest BCUT2D eigenvalue weighted by Crippen LogP contribution is 2.29. The number of carbonyl (C=O) groups excluding carboxylic acids is 2. The zero-order valence-corrected chi connectivity index (χ0v) is 15.9. The molecule has 1 aliphatic rings. The molecule has 1 aliphatic carbocycles. The molecule has 1 saturated carbocycles. The van der Waals surface area contributed by atoms with Crippen molar-refractivity contribution in [2.45, 2.75) is 32.0 Å². The Kier molecular flexibility index (Phi) is 6.81. The fourth-order valence-corrected chi connectivity index (χ4v) is 2.84. The van der Waals surface area contributed by atoms with E-state index < -0.39 is 17.7 Å². The van der Waals surface area contributed by atoms with Gasteiger partial charge in [0.05, 0.1) is 5.56 Å². The summed E-state index contributed by atoms with van der Waals surface area (Å²) in [4.78, 5) is 32.4. The van der Waals surface area contributed by atoms with Gasteiger partial charge in [0.1, 0.15) is 30.7 Å². The fraction of sp³-hybridized carbons (Fsp3) is 0.333. The van der Waals surface area contributed by atoms with Crippen molar-refractivity contribution in [1.82, 2.24) is 4.98 Å². The fourth-order valence-electron chi connectivity index (χ4n) is 2.84. The number of aromatic nitrogens is 1. The van der Waals surface area contributed by atoms with Gasteiger partial charge >= 0.3 is 6.18 Å². The van der Waals surface area contributed by atoms with Crippen molar-refractivity contribution >= 4 is 17.8 Å². The number of pyridine rings is 1. The average molecular weight is 420 g/mol. The molecule has 0 spiro atoms. The lowest BCUT2D eigenvalue weighted by molar-refractivity contribution is -0.137. The lowest BCUT2D eigenvalue weighted by Gasteiger charge is -2.09. The van der Waals surface area contributed by atoms with E-state index in [1.807, 2.05) is 0 Å². The molecule has 1 aromatic heterocycles. The SMILES string of the molecule is O=C1CCC(=O)C1COc1ccc(CC=NOCc2ccc(C(F)(F)F)cc2)cn1. The highest BCUT2D eigenvalue weighted by atomic mass is 19.4. The molecule has 9 heteroatoms. The molecule has 1 fully saturated rings. The zero-order valence-electron chi connectivity index (χ0n) is 15.9. The number of hydrogen-bond donors (Lipinski definition) is 0. The van der Waals surface area contributed by atoms with E-state index in [4.69, 9.17) is 9.57 Å². The molecule has 0 aliphatic heterocycles. The molecule has 1 heterocycles. The molecule has 0 atom stereocenters. The van der Waals surface area contributed by atoms with Crippen LogP contribution in [0.2, 0.25) is 0 Å². The van der Waals surface area contributed by atoms with Crippen molar-refractivity contribution in [2.75, 3.05) is 6.61 Å². The Morgan fingerprint density at radius 2 is 1.70 bits per heavy atom. The summed E-state index contributed by atoms with van der Waals surface area (Å²) in [7, 11) is 0. The Hall–Kier alpha value is -3.23. The Balaban J connectivity index is 1.40. The number of rotatable bonds is 8. The highest BCUT2D eigenvalue weighted by molar-refractivity contribution is 6.08. The normalized spacial score (nSPS) is 15.2. The molecule has 0 saturated heterocycles. The molecule has 0 bridgehead atoms. The minimum atomic E-state index is -4.36. The molecule has 2 aromatic rings. The quantitative estimate of drug-likeness (QED) is 0.369. The second kappa shape index (κ2) is 9.51. The van der Waals surface area contributed by atoms with Gasteiger partial charge in [0, 0.05) is 37.7 Å². The van der Waals surface area contributed by atoms with Crippen molar-refractivity contribution in [3.8, 4) is 5.88 Å². The van der Waals surface area contributed by atoms with Gasteiger partial charge in [-0.05, 0) is 23.3 Å². The van der Waals surface area contributed by atoms with Gasteiger partial charge in [-0.2, -0.15) is 13.2 Å². The highest BCUT2D eigenvalue weighted by Gasteiger charge is 2.33. The Bertz CT molecular complexity index is 893. The maximum absolute atomic E-state index is 12.5. The first-order valence-electron chi connectivity index (χ1n) is 9.26. The van der Waals surface area contributed by atoms with E-state index in [1.165, 1.54) is 18.3 Å². The zero-order chi connectivity index (χ0) is 21.6. The second-order valence-corrected chi connectivity index (χ2v) is 6.76. The number of Topliss-reactive ketones (excluding diaryl/α,β-unsaturated/α-hetero) is 2. The third-order valence-corrected chi connectivity index (χ3v) is 4.58. The van der Waals surface area contributed by atoms with Gasteiger partial charge in [-0.25, -0.2) is 4.98 Å². The second-order valence-electron chi connectivity index (χ2n) is 6.76. The summed E-state index contributed by atoms with van der Waals surface area (Å²) in [5, 5.41) is 3.78. The van der Waals surface area contributed by atoms with E-state index in [0.29, 0.717) is 17.9 Å². The summed E-state index contributed by atoms with van der Waals surface area (Å²) in [5.41, 5.74) is 0.691. The van der Waals surface area contributed by atoms with E-state index in [1.54, 1.807) is 18.3 Å². The number of hydrogen-bond acceptors (Lipinski definition) is 6. The van der Waals surface area contributed by atoms with Crippen molar-refractivity contribution in [3.05, 3.63) is 59.3 Å². The number of carbonyl (C=O) groups is 2. The average Bonchev–Trinajstić information content (AvgIpc) is 3.04. The number of ether oxygens (including phenoxy) is 1. The largest absolute Gasteiger partial charge is 0.476 e. The lowest BCUT2D eigenvalue weighted by atomic mass is 10.1. The summed E-state index contributed by atoms with van der Waals surface area (Å²) in [6.07, 6.45) is -0.288. The van der Waals surface area contributed by atoms with E-state index in [-0.39, 0.29) is 37.6 Å². The van der Waals surface area contributed by atoms with Crippen LogP contribution in [0.1, 0.15) is 29.5 Å². The number of ketones is 2. The minimum Gasteiger partial charge on any atom is -0.476 e. The predicted octanol–water partition coefficient (Wildman–Crippen LogP) is 3.77. The molecule has 1 aromatic carbocycles. The van der Waals surface area contributed by atoms with Crippen molar-refractivity contribution in [3.63, 3.8) is 0 Å². The molecule has 0 radical (unpaired) electrons. The van der Waals surface area contributed by atoms with E-state index >= 15 is 0 Å². The maximum Gasteiger partial charge on any atom is 0.416 e. The van der Waals surface area contributed by atoms with Crippen molar-refractivity contribution in [1.29, 1.82) is 0 Å².